The molecule has 0 fully saturated rings. The van der Waals surface area contributed by atoms with Crippen LogP contribution in [-0.4, -0.2) is 43.7 Å². The minimum absolute atomic E-state index is 0.162. The molecule has 1 aliphatic heterocycles. The monoisotopic (exact) mass is 429 g/mol. The molecule has 2 aromatic carbocycles. The summed E-state index contributed by atoms with van der Waals surface area (Å²) in [7, 11) is 3.18. The summed E-state index contributed by atoms with van der Waals surface area (Å²) < 4.78 is 26.6. The molecule has 1 amide bonds. The van der Waals surface area contributed by atoms with Crippen molar-refractivity contribution in [3.8, 4) is 28.7 Å². The zero-order chi connectivity index (χ0) is 20.9. The summed E-state index contributed by atoms with van der Waals surface area (Å²) in [5.41, 5.74) is 0.993. The zero-order valence-electron chi connectivity index (χ0n) is 16.3. The molecule has 0 unspecified atom stereocenters. The molecule has 4 rings (SSSR count). The van der Waals surface area contributed by atoms with Crippen LogP contribution in [0.2, 0.25) is 0 Å². The lowest BCUT2D eigenvalue weighted by Gasteiger charge is -2.08. The Bertz CT molecular complexity index is 1050. The first-order valence-electron chi connectivity index (χ1n) is 9.00. The summed E-state index contributed by atoms with van der Waals surface area (Å²) in [6.45, 7) is 0.0200. The van der Waals surface area contributed by atoms with Gasteiger partial charge in [0.2, 0.25) is 11.9 Å². The van der Waals surface area contributed by atoms with Gasteiger partial charge in [0, 0.05) is 12.5 Å². The number of fused-ring (bicyclic) bond motifs is 1. The maximum Gasteiger partial charge on any atom is 0.264 e. The van der Waals surface area contributed by atoms with Gasteiger partial charge in [0.25, 0.3) is 5.91 Å². The Labute approximate surface area is 176 Å². The molecule has 0 aliphatic carbocycles. The van der Waals surface area contributed by atoms with Crippen LogP contribution in [-0.2, 0) is 11.2 Å². The standard InChI is InChI=1S/C20H19N3O6S/c1-25-14-5-3-12(7-16(14)26-2)8-19-22-23-20(30-19)21-18(24)10-27-13-4-6-15-17(9-13)29-11-28-15/h3-7,9H,8,10-11H2,1-2H3,(H,21,23,24). The first-order chi connectivity index (χ1) is 14.6. The van der Waals surface area contributed by atoms with E-state index in [9.17, 15) is 4.79 Å². The number of anilines is 1. The van der Waals surface area contributed by atoms with E-state index in [2.05, 4.69) is 15.5 Å². The number of nitrogens with zero attached hydrogens (tertiary/aromatic N) is 2. The van der Waals surface area contributed by atoms with Crippen molar-refractivity contribution < 1.29 is 28.5 Å². The van der Waals surface area contributed by atoms with Crippen LogP contribution in [0.25, 0.3) is 0 Å². The van der Waals surface area contributed by atoms with E-state index < -0.39 is 0 Å². The quantitative estimate of drug-likeness (QED) is 0.583. The van der Waals surface area contributed by atoms with E-state index in [0.717, 1.165) is 10.6 Å². The number of amides is 1. The predicted octanol–water partition coefficient (Wildman–Crippen LogP) is 2.89. The highest BCUT2D eigenvalue weighted by Crippen LogP contribution is 2.35. The molecule has 1 N–H and O–H groups in total. The Balaban J connectivity index is 1.31. The average Bonchev–Trinajstić information content (AvgIpc) is 3.41. The fourth-order valence-electron chi connectivity index (χ4n) is 2.81. The summed E-state index contributed by atoms with van der Waals surface area (Å²) in [5, 5.41) is 12.0. The first-order valence-corrected chi connectivity index (χ1v) is 9.82. The van der Waals surface area contributed by atoms with Gasteiger partial charge in [0.05, 0.1) is 14.2 Å². The molecule has 0 atom stereocenters. The molecule has 0 saturated heterocycles. The number of methoxy groups -OCH3 is 2. The van der Waals surface area contributed by atoms with Crippen molar-refractivity contribution in [2.24, 2.45) is 0 Å². The van der Waals surface area contributed by atoms with Gasteiger partial charge in [0.1, 0.15) is 10.8 Å². The third-order valence-corrected chi connectivity index (χ3v) is 5.07. The van der Waals surface area contributed by atoms with Gasteiger partial charge in [-0.15, -0.1) is 10.2 Å². The lowest BCUT2D eigenvalue weighted by atomic mass is 10.1. The van der Waals surface area contributed by atoms with Crippen LogP contribution < -0.4 is 29.0 Å². The SMILES string of the molecule is COc1ccc(Cc2nnc(NC(=O)COc3ccc4c(c3)OCO4)s2)cc1OC. The number of nitrogens with one attached hydrogen (secondary N) is 1. The molecule has 3 aromatic rings. The van der Waals surface area contributed by atoms with Crippen molar-refractivity contribution in [2.75, 3.05) is 32.9 Å². The van der Waals surface area contributed by atoms with Gasteiger partial charge in [0.15, 0.2) is 29.6 Å². The van der Waals surface area contributed by atoms with Gasteiger partial charge in [-0.3, -0.25) is 10.1 Å². The van der Waals surface area contributed by atoms with Crippen LogP contribution in [0.1, 0.15) is 10.6 Å². The topological polar surface area (TPSA) is 101 Å². The lowest BCUT2D eigenvalue weighted by molar-refractivity contribution is -0.118. The number of aromatic nitrogens is 2. The highest BCUT2D eigenvalue weighted by molar-refractivity contribution is 7.15. The molecule has 30 heavy (non-hydrogen) atoms. The molecule has 156 valence electrons. The number of benzene rings is 2. The number of carbonyl (C=O) groups excluding carboxylic acids is 1. The predicted molar refractivity (Wildman–Crippen MR) is 109 cm³/mol. The Morgan fingerprint density at radius 3 is 2.73 bits per heavy atom. The highest BCUT2D eigenvalue weighted by Gasteiger charge is 2.15. The van der Waals surface area contributed by atoms with Crippen molar-refractivity contribution in [2.45, 2.75) is 6.42 Å². The molecule has 0 bridgehead atoms. The number of ether oxygens (including phenoxy) is 5. The maximum absolute atomic E-state index is 12.2. The lowest BCUT2D eigenvalue weighted by Crippen LogP contribution is -2.20. The summed E-state index contributed by atoms with van der Waals surface area (Å²) in [4.78, 5) is 12.2. The smallest absolute Gasteiger partial charge is 0.264 e. The molecular weight excluding hydrogens is 410 g/mol. The van der Waals surface area contributed by atoms with Crippen LogP contribution in [0.4, 0.5) is 5.13 Å². The average molecular weight is 429 g/mol. The van der Waals surface area contributed by atoms with Crippen molar-refractivity contribution >= 4 is 22.4 Å². The highest BCUT2D eigenvalue weighted by atomic mass is 32.1. The molecule has 9 nitrogen and oxygen atoms in total. The third kappa shape index (κ3) is 4.54. The van der Waals surface area contributed by atoms with Gasteiger partial charge < -0.3 is 23.7 Å². The van der Waals surface area contributed by atoms with E-state index in [1.54, 1.807) is 32.4 Å². The van der Waals surface area contributed by atoms with Crippen molar-refractivity contribution in [1.29, 1.82) is 0 Å². The molecule has 10 heteroatoms. The van der Waals surface area contributed by atoms with E-state index >= 15 is 0 Å². The maximum atomic E-state index is 12.2. The Morgan fingerprint density at radius 1 is 1.07 bits per heavy atom. The normalized spacial score (nSPS) is 11.8. The number of carbonyl (C=O) groups is 1. The van der Waals surface area contributed by atoms with Crippen molar-refractivity contribution in [1.82, 2.24) is 10.2 Å². The zero-order valence-corrected chi connectivity index (χ0v) is 17.2. The summed E-state index contributed by atoms with van der Waals surface area (Å²) in [6, 6.07) is 10.8. The molecule has 0 saturated carbocycles. The van der Waals surface area contributed by atoms with Crippen molar-refractivity contribution in [3.05, 3.63) is 47.0 Å². The molecular formula is C20H19N3O6S. The molecule has 1 aliphatic rings. The van der Waals surface area contributed by atoms with Crippen LogP contribution in [0.5, 0.6) is 28.7 Å². The number of hydrogen-bond acceptors (Lipinski definition) is 9. The Hall–Kier alpha value is -3.53. The molecule has 1 aromatic heterocycles. The summed E-state index contributed by atoms with van der Waals surface area (Å²) in [6.07, 6.45) is 0.557. The fraction of sp³-hybridized carbons (Fsp3) is 0.250. The Morgan fingerprint density at radius 2 is 1.90 bits per heavy atom. The Kier molecular flexibility index (Phi) is 5.84. The number of rotatable bonds is 8. The second kappa shape index (κ2) is 8.87. The molecule has 2 heterocycles. The fourth-order valence-corrected chi connectivity index (χ4v) is 3.60. The van der Waals surface area contributed by atoms with Gasteiger partial charge >= 0.3 is 0 Å². The van der Waals surface area contributed by atoms with E-state index in [1.807, 2.05) is 18.2 Å². The molecule has 0 radical (unpaired) electrons. The third-order valence-electron chi connectivity index (χ3n) is 4.23. The van der Waals surface area contributed by atoms with E-state index in [0.29, 0.717) is 40.3 Å². The van der Waals surface area contributed by atoms with Crippen LogP contribution in [0, 0.1) is 0 Å². The number of hydrogen-bond donors (Lipinski definition) is 1. The van der Waals surface area contributed by atoms with Gasteiger partial charge in [-0.25, -0.2) is 0 Å². The first kappa shape index (κ1) is 19.8. The molecule has 0 spiro atoms. The van der Waals surface area contributed by atoms with E-state index in [-0.39, 0.29) is 19.3 Å². The van der Waals surface area contributed by atoms with Crippen LogP contribution in [0.3, 0.4) is 0 Å². The minimum Gasteiger partial charge on any atom is -0.493 e. The van der Waals surface area contributed by atoms with Gasteiger partial charge in [-0.2, -0.15) is 0 Å². The van der Waals surface area contributed by atoms with Gasteiger partial charge in [-0.05, 0) is 29.8 Å². The van der Waals surface area contributed by atoms with E-state index in [1.165, 1.54) is 11.3 Å². The van der Waals surface area contributed by atoms with Crippen LogP contribution >= 0.6 is 11.3 Å². The summed E-state index contributed by atoms with van der Waals surface area (Å²) >= 11 is 1.30. The largest absolute Gasteiger partial charge is 0.493 e. The minimum atomic E-state index is -0.332. The van der Waals surface area contributed by atoms with Crippen LogP contribution in [0.15, 0.2) is 36.4 Å². The van der Waals surface area contributed by atoms with Crippen molar-refractivity contribution in [3.63, 3.8) is 0 Å². The van der Waals surface area contributed by atoms with Gasteiger partial charge in [-0.1, -0.05) is 17.4 Å². The second-order valence-electron chi connectivity index (χ2n) is 6.22. The van der Waals surface area contributed by atoms with E-state index in [4.69, 9.17) is 23.7 Å². The summed E-state index contributed by atoms with van der Waals surface area (Å²) in [5.74, 6) is 2.74. The second-order valence-corrected chi connectivity index (χ2v) is 7.28.